The number of carbonyl (C=O) groups excluding carboxylic acids is 1. The van der Waals surface area contributed by atoms with Gasteiger partial charge < -0.3 is 14.8 Å². The molecule has 4 aromatic rings. The lowest BCUT2D eigenvalue weighted by molar-refractivity contribution is -0.120. The number of hydrogen-bond acceptors (Lipinski definition) is 6. The van der Waals surface area contributed by atoms with E-state index >= 15 is 0 Å². The van der Waals surface area contributed by atoms with E-state index in [2.05, 4.69) is 15.5 Å². The minimum Gasteiger partial charge on any atom is -0.497 e. The number of amides is 1. The second-order valence-corrected chi connectivity index (χ2v) is 8.48. The van der Waals surface area contributed by atoms with Crippen molar-refractivity contribution >= 4 is 34.2 Å². The summed E-state index contributed by atoms with van der Waals surface area (Å²) in [5.74, 6) is 1.43. The summed E-state index contributed by atoms with van der Waals surface area (Å²) < 4.78 is 12.7. The van der Waals surface area contributed by atoms with Gasteiger partial charge in [-0.3, -0.25) is 9.20 Å². The number of thioether (sulfide) groups is 1. The molecule has 7 nitrogen and oxygen atoms in total. The maximum atomic E-state index is 12.7. The van der Waals surface area contributed by atoms with Crippen LogP contribution in [0.15, 0.2) is 53.7 Å². The Hall–Kier alpha value is -3.26. The van der Waals surface area contributed by atoms with Crippen LogP contribution in [0.2, 0.25) is 0 Å². The van der Waals surface area contributed by atoms with Gasteiger partial charge in [0.1, 0.15) is 11.5 Å². The first-order valence-corrected chi connectivity index (χ1v) is 10.8. The van der Waals surface area contributed by atoms with Crippen LogP contribution < -0.4 is 14.8 Å². The maximum Gasteiger partial charge on any atom is 0.233 e. The first-order valence-electron chi connectivity index (χ1n) is 9.90. The SMILES string of the molecule is COc1ccc2c(C)cc3nnc(SC(C)C(=O)NCc4ccccc4OC)n3c2c1. The second kappa shape index (κ2) is 8.85. The van der Waals surface area contributed by atoms with Gasteiger partial charge in [0.25, 0.3) is 0 Å². The molecule has 2 heterocycles. The predicted molar refractivity (Wildman–Crippen MR) is 122 cm³/mol. The monoisotopic (exact) mass is 436 g/mol. The maximum absolute atomic E-state index is 12.7. The van der Waals surface area contributed by atoms with Crippen LogP contribution >= 0.6 is 11.8 Å². The smallest absolute Gasteiger partial charge is 0.233 e. The summed E-state index contributed by atoms with van der Waals surface area (Å²) in [5, 5.41) is 13.0. The Labute approximate surface area is 184 Å². The minimum atomic E-state index is -0.357. The number of para-hydroxylation sites is 1. The van der Waals surface area contributed by atoms with Crippen molar-refractivity contribution in [2.75, 3.05) is 14.2 Å². The molecular weight excluding hydrogens is 412 g/mol. The lowest BCUT2D eigenvalue weighted by atomic mass is 10.1. The number of rotatable bonds is 7. The molecule has 0 saturated heterocycles. The van der Waals surface area contributed by atoms with Crippen molar-refractivity contribution in [2.24, 2.45) is 0 Å². The third kappa shape index (κ3) is 4.16. The van der Waals surface area contributed by atoms with E-state index in [0.717, 1.165) is 39.2 Å². The number of ether oxygens (including phenoxy) is 2. The quantitative estimate of drug-likeness (QED) is 0.441. The van der Waals surface area contributed by atoms with Gasteiger partial charge >= 0.3 is 0 Å². The number of aromatic nitrogens is 3. The minimum absolute atomic E-state index is 0.0818. The van der Waals surface area contributed by atoms with Crippen LogP contribution in [-0.2, 0) is 11.3 Å². The number of nitrogens with one attached hydrogen (secondary N) is 1. The predicted octanol–water partition coefficient (Wildman–Crippen LogP) is 4.01. The van der Waals surface area contributed by atoms with Crippen molar-refractivity contribution in [1.82, 2.24) is 19.9 Å². The summed E-state index contributed by atoms with van der Waals surface area (Å²) in [6.45, 7) is 4.30. The number of aryl methyl sites for hydroxylation is 1. The zero-order valence-corrected chi connectivity index (χ0v) is 18.7. The Morgan fingerprint density at radius 2 is 1.94 bits per heavy atom. The highest BCUT2D eigenvalue weighted by Gasteiger charge is 2.20. The van der Waals surface area contributed by atoms with E-state index in [9.17, 15) is 4.79 Å². The van der Waals surface area contributed by atoms with Crippen molar-refractivity contribution in [1.29, 1.82) is 0 Å². The topological polar surface area (TPSA) is 77.8 Å². The Bertz CT molecular complexity index is 1250. The molecule has 0 saturated carbocycles. The Balaban J connectivity index is 1.58. The van der Waals surface area contributed by atoms with E-state index in [1.165, 1.54) is 11.8 Å². The van der Waals surface area contributed by atoms with E-state index in [1.54, 1.807) is 14.2 Å². The van der Waals surface area contributed by atoms with E-state index < -0.39 is 0 Å². The molecule has 1 atom stereocenters. The van der Waals surface area contributed by atoms with Crippen LogP contribution in [0.25, 0.3) is 16.6 Å². The molecule has 0 aliphatic heterocycles. The fourth-order valence-corrected chi connectivity index (χ4v) is 4.38. The fourth-order valence-electron chi connectivity index (χ4n) is 3.49. The van der Waals surface area contributed by atoms with Gasteiger partial charge in [0.15, 0.2) is 10.8 Å². The number of methoxy groups -OCH3 is 2. The average Bonchev–Trinajstić information content (AvgIpc) is 3.19. The van der Waals surface area contributed by atoms with Crippen molar-refractivity contribution in [3.63, 3.8) is 0 Å². The van der Waals surface area contributed by atoms with E-state index in [1.807, 2.05) is 66.8 Å². The van der Waals surface area contributed by atoms with Crippen molar-refractivity contribution in [3.8, 4) is 11.5 Å². The van der Waals surface area contributed by atoms with E-state index in [0.29, 0.717) is 11.7 Å². The van der Waals surface area contributed by atoms with Gasteiger partial charge in [-0.2, -0.15) is 0 Å². The summed E-state index contributed by atoms with van der Waals surface area (Å²) in [4.78, 5) is 12.7. The van der Waals surface area contributed by atoms with Crippen LogP contribution in [0.3, 0.4) is 0 Å². The molecular formula is C23H24N4O3S. The first-order chi connectivity index (χ1) is 15.0. The van der Waals surface area contributed by atoms with Crippen LogP contribution in [0.4, 0.5) is 0 Å². The highest BCUT2D eigenvalue weighted by Crippen LogP contribution is 2.30. The molecule has 0 fully saturated rings. The van der Waals surface area contributed by atoms with Gasteiger partial charge in [-0.25, -0.2) is 0 Å². The van der Waals surface area contributed by atoms with Gasteiger partial charge in [0.2, 0.25) is 5.91 Å². The Kier molecular flexibility index (Phi) is 5.99. The van der Waals surface area contributed by atoms with Crippen LogP contribution in [0.1, 0.15) is 18.1 Å². The summed E-state index contributed by atoms with van der Waals surface area (Å²) in [6.07, 6.45) is 0. The van der Waals surface area contributed by atoms with Crippen LogP contribution in [0, 0.1) is 6.92 Å². The Morgan fingerprint density at radius 3 is 2.71 bits per heavy atom. The molecule has 0 radical (unpaired) electrons. The summed E-state index contributed by atoms with van der Waals surface area (Å²) >= 11 is 1.37. The standard InChI is InChI=1S/C23H24N4O3S/c1-14-11-21-25-26-23(27(21)19-12-17(29-3)9-10-18(14)19)31-15(2)22(28)24-13-16-7-5-6-8-20(16)30-4/h5-12,15H,13H2,1-4H3,(H,24,28). The van der Waals surface area contributed by atoms with Gasteiger partial charge in [-0.15, -0.1) is 10.2 Å². The zero-order valence-electron chi connectivity index (χ0n) is 17.9. The molecule has 1 N–H and O–H groups in total. The highest BCUT2D eigenvalue weighted by molar-refractivity contribution is 8.00. The first kappa shape index (κ1) is 21.0. The highest BCUT2D eigenvalue weighted by atomic mass is 32.2. The molecule has 0 bridgehead atoms. The Morgan fingerprint density at radius 1 is 1.13 bits per heavy atom. The number of pyridine rings is 1. The summed E-state index contributed by atoms with van der Waals surface area (Å²) in [6, 6.07) is 15.6. The third-order valence-electron chi connectivity index (χ3n) is 5.17. The van der Waals surface area contributed by atoms with Gasteiger partial charge in [0, 0.05) is 23.6 Å². The summed E-state index contributed by atoms with van der Waals surface area (Å²) in [5.41, 5.74) is 3.72. The molecule has 31 heavy (non-hydrogen) atoms. The lowest BCUT2D eigenvalue weighted by Gasteiger charge is -2.14. The molecule has 0 aliphatic rings. The molecule has 4 rings (SSSR count). The van der Waals surface area contributed by atoms with Crippen molar-refractivity contribution < 1.29 is 14.3 Å². The van der Waals surface area contributed by atoms with Gasteiger partial charge in [-0.05, 0) is 43.7 Å². The molecule has 2 aromatic heterocycles. The molecule has 160 valence electrons. The van der Waals surface area contributed by atoms with Gasteiger partial charge in [-0.1, -0.05) is 30.0 Å². The molecule has 8 heteroatoms. The molecule has 0 spiro atoms. The molecule has 2 aromatic carbocycles. The average molecular weight is 437 g/mol. The number of hydrogen-bond donors (Lipinski definition) is 1. The zero-order chi connectivity index (χ0) is 22.0. The number of carbonyl (C=O) groups is 1. The largest absolute Gasteiger partial charge is 0.497 e. The van der Waals surface area contributed by atoms with E-state index in [4.69, 9.17) is 9.47 Å². The second-order valence-electron chi connectivity index (χ2n) is 7.18. The van der Waals surface area contributed by atoms with Crippen LogP contribution in [-0.4, -0.2) is 40.0 Å². The number of fused-ring (bicyclic) bond motifs is 3. The van der Waals surface area contributed by atoms with E-state index in [-0.39, 0.29) is 11.2 Å². The summed E-state index contributed by atoms with van der Waals surface area (Å²) in [7, 11) is 3.26. The third-order valence-corrected chi connectivity index (χ3v) is 6.21. The van der Waals surface area contributed by atoms with Crippen molar-refractivity contribution in [3.05, 3.63) is 59.7 Å². The van der Waals surface area contributed by atoms with Gasteiger partial charge in [0.05, 0.1) is 25.0 Å². The van der Waals surface area contributed by atoms with Crippen molar-refractivity contribution in [2.45, 2.75) is 30.8 Å². The van der Waals surface area contributed by atoms with Crippen LogP contribution in [0.5, 0.6) is 11.5 Å². The number of nitrogens with zero attached hydrogens (tertiary/aromatic N) is 3. The molecule has 1 unspecified atom stereocenters. The molecule has 0 aliphatic carbocycles. The number of benzene rings is 2. The lowest BCUT2D eigenvalue weighted by Crippen LogP contribution is -2.30. The molecule has 1 amide bonds. The fraction of sp³-hybridized carbons (Fsp3) is 0.261. The normalized spacial score (nSPS) is 12.1.